The largest absolute Gasteiger partial charge is 0.314 e. The van der Waals surface area contributed by atoms with Crippen LogP contribution in [-0.2, 0) is 0 Å². The van der Waals surface area contributed by atoms with Crippen molar-refractivity contribution in [3.05, 3.63) is 34.1 Å². The summed E-state index contributed by atoms with van der Waals surface area (Å²) in [6.07, 6.45) is 4.02. The van der Waals surface area contributed by atoms with Gasteiger partial charge in [0.2, 0.25) is 0 Å². The van der Waals surface area contributed by atoms with Gasteiger partial charge in [0.1, 0.15) is 6.20 Å². The van der Waals surface area contributed by atoms with Gasteiger partial charge in [-0.25, -0.2) is 0 Å². The van der Waals surface area contributed by atoms with E-state index in [1.165, 1.54) is 6.20 Å². The van der Waals surface area contributed by atoms with Crippen LogP contribution in [0.4, 0.5) is 5.69 Å². The Hall–Kier alpha value is -1.49. The maximum atomic E-state index is 11.1. The topological polar surface area (TPSA) is 68.1 Å². The lowest BCUT2D eigenvalue weighted by Gasteiger charge is -2.28. The normalized spacial score (nSPS) is 14.4. The van der Waals surface area contributed by atoms with Crippen LogP contribution in [0.25, 0.3) is 0 Å². The van der Waals surface area contributed by atoms with Gasteiger partial charge in [-0.3, -0.25) is 15.1 Å². The molecule has 1 aromatic rings. The second-order valence-electron chi connectivity index (χ2n) is 5.20. The van der Waals surface area contributed by atoms with Crippen molar-refractivity contribution in [2.45, 2.75) is 46.1 Å². The van der Waals surface area contributed by atoms with Crippen LogP contribution in [0, 0.1) is 16.0 Å². The molecule has 1 aromatic heterocycles. The Balaban J connectivity index is 3.09. The van der Waals surface area contributed by atoms with E-state index in [2.05, 4.69) is 38.0 Å². The van der Waals surface area contributed by atoms with E-state index in [1.807, 2.05) is 0 Å². The molecule has 0 spiro atoms. The Labute approximate surface area is 114 Å². The Morgan fingerprint density at radius 1 is 1.42 bits per heavy atom. The first-order chi connectivity index (χ1) is 8.99. The first-order valence-corrected chi connectivity index (χ1v) is 6.80. The summed E-state index contributed by atoms with van der Waals surface area (Å²) in [6, 6.07) is 1.97. The van der Waals surface area contributed by atoms with E-state index in [0.29, 0.717) is 5.92 Å². The van der Waals surface area contributed by atoms with Crippen LogP contribution in [0.3, 0.4) is 0 Å². The highest BCUT2D eigenvalue weighted by molar-refractivity contribution is 5.40. The van der Waals surface area contributed by atoms with Crippen molar-refractivity contribution in [1.82, 2.24) is 10.3 Å². The molecule has 0 bridgehead atoms. The number of hydrogen-bond acceptors (Lipinski definition) is 4. The molecule has 1 heterocycles. The molecule has 2 unspecified atom stereocenters. The molecular weight excluding hydrogens is 242 g/mol. The molecule has 2 atom stereocenters. The number of nitrogens with one attached hydrogen (secondary N) is 1. The molecule has 0 saturated carbocycles. The molecule has 1 N–H and O–H groups in total. The molecule has 0 aliphatic carbocycles. The van der Waals surface area contributed by atoms with E-state index >= 15 is 0 Å². The van der Waals surface area contributed by atoms with E-state index in [9.17, 15) is 10.1 Å². The summed E-state index contributed by atoms with van der Waals surface area (Å²) in [6.45, 7) is 9.31. The second kappa shape index (κ2) is 7.19. The summed E-state index contributed by atoms with van der Waals surface area (Å²) in [4.78, 5) is 14.7. The van der Waals surface area contributed by atoms with E-state index in [4.69, 9.17) is 0 Å². The standard InChI is InChI=1S/C14H23N3O2/c1-5-7-16-11(4)14(10(2)3)12-6-8-15-9-13(12)17(18)19/h6,8-11,14,16H,5,7H2,1-4H3. The van der Waals surface area contributed by atoms with Crippen molar-refractivity contribution < 1.29 is 4.92 Å². The summed E-state index contributed by atoms with van der Waals surface area (Å²) < 4.78 is 0. The van der Waals surface area contributed by atoms with E-state index in [1.54, 1.807) is 12.3 Å². The molecule has 0 aliphatic heterocycles. The van der Waals surface area contributed by atoms with Gasteiger partial charge in [0.25, 0.3) is 5.69 Å². The average molecular weight is 265 g/mol. The molecule has 0 aliphatic rings. The van der Waals surface area contributed by atoms with Crippen molar-refractivity contribution in [2.75, 3.05) is 6.54 Å². The predicted molar refractivity (Wildman–Crippen MR) is 76.2 cm³/mol. The molecule has 19 heavy (non-hydrogen) atoms. The van der Waals surface area contributed by atoms with Crippen LogP contribution < -0.4 is 5.32 Å². The summed E-state index contributed by atoms with van der Waals surface area (Å²) >= 11 is 0. The van der Waals surface area contributed by atoms with Crippen molar-refractivity contribution in [2.24, 2.45) is 5.92 Å². The molecule has 1 rings (SSSR count). The Morgan fingerprint density at radius 3 is 2.63 bits per heavy atom. The van der Waals surface area contributed by atoms with Gasteiger partial charge >= 0.3 is 0 Å². The Morgan fingerprint density at radius 2 is 2.11 bits per heavy atom. The van der Waals surface area contributed by atoms with Crippen LogP contribution in [-0.4, -0.2) is 22.5 Å². The number of hydrogen-bond donors (Lipinski definition) is 1. The van der Waals surface area contributed by atoms with Gasteiger partial charge < -0.3 is 5.32 Å². The summed E-state index contributed by atoms with van der Waals surface area (Å²) in [5.41, 5.74) is 0.887. The van der Waals surface area contributed by atoms with Crippen LogP contribution in [0.2, 0.25) is 0 Å². The van der Waals surface area contributed by atoms with Gasteiger partial charge in [0.15, 0.2) is 0 Å². The fraction of sp³-hybridized carbons (Fsp3) is 0.643. The number of nitrogens with zero attached hydrogens (tertiary/aromatic N) is 2. The predicted octanol–water partition coefficient (Wildman–Crippen LogP) is 3.12. The first-order valence-electron chi connectivity index (χ1n) is 6.80. The lowest BCUT2D eigenvalue weighted by atomic mass is 9.82. The lowest BCUT2D eigenvalue weighted by Crippen LogP contribution is -2.35. The zero-order chi connectivity index (χ0) is 14.4. The van der Waals surface area contributed by atoms with Gasteiger partial charge in [-0.2, -0.15) is 0 Å². The third-order valence-corrected chi connectivity index (χ3v) is 3.36. The van der Waals surface area contributed by atoms with Crippen LogP contribution in [0.5, 0.6) is 0 Å². The summed E-state index contributed by atoms with van der Waals surface area (Å²) in [7, 11) is 0. The highest BCUT2D eigenvalue weighted by Crippen LogP contribution is 2.33. The number of nitro groups is 1. The Bertz CT molecular complexity index is 421. The first kappa shape index (κ1) is 15.6. The zero-order valence-electron chi connectivity index (χ0n) is 12.1. The average Bonchev–Trinajstić information content (AvgIpc) is 2.36. The van der Waals surface area contributed by atoms with Gasteiger partial charge in [0, 0.05) is 23.7 Å². The SMILES string of the molecule is CCCNC(C)C(c1ccncc1[N+](=O)[O-])C(C)C. The fourth-order valence-electron chi connectivity index (χ4n) is 2.54. The molecule has 0 fully saturated rings. The van der Waals surface area contributed by atoms with Crippen LogP contribution in [0.1, 0.15) is 45.6 Å². The van der Waals surface area contributed by atoms with E-state index < -0.39 is 0 Å². The number of rotatable bonds is 7. The minimum absolute atomic E-state index is 0.106. The lowest BCUT2D eigenvalue weighted by molar-refractivity contribution is -0.386. The molecule has 0 saturated heterocycles. The maximum absolute atomic E-state index is 11.1. The van der Waals surface area contributed by atoms with Gasteiger partial charge in [-0.05, 0) is 31.9 Å². The van der Waals surface area contributed by atoms with Gasteiger partial charge in [-0.15, -0.1) is 0 Å². The van der Waals surface area contributed by atoms with Crippen molar-refractivity contribution in [3.63, 3.8) is 0 Å². The van der Waals surface area contributed by atoms with Crippen LogP contribution >= 0.6 is 0 Å². The van der Waals surface area contributed by atoms with E-state index in [-0.39, 0.29) is 22.6 Å². The minimum Gasteiger partial charge on any atom is -0.314 e. The van der Waals surface area contributed by atoms with Crippen molar-refractivity contribution >= 4 is 5.69 Å². The fourth-order valence-corrected chi connectivity index (χ4v) is 2.54. The molecular formula is C14H23N3O2. The van der Waals surface area contributed by atoms with Crippen molar-refractivity contribution in [1.29, 1.82) is 0 Å². The molecule has 5 heteroatoms. The minimum atomic E-state index is -0.343. The summed E-state index contributed by atoms with van der Waals surface area (Å²) in [5, 5.41) is 14.6. The smallest absolute Gasteiger partial charge is 0.291 e. The van der Waals surface area contributed by atoms with E-state index in [0.717, 1.165) is 18.5 Å². The highest BCUT2D eigenvalue weighted by Gasteiger charge is 2.28. The number of pyridine rings is 1. The molecule has 0 radical (unpaired) electrons. The Kier molecular flexibility index (Phi) is 5.89. The molecule has 0 aromatic carbocycles. The van der Waals surface area contributed by atoms with Gasteiger partial charge in [0.05, 0.1) is 4.92 Å². The molecule has 5 nitrogen and oxygen atoms in total. The second-order valence-corrected chi connectivity index (χ2v) is 5.20. The quantitative estimate of drug-likeness (QED) is 0.607. The third-order valence-electron chi connectivity index (χ3n) is 3.36. The monoisotopic (exact) mass is 265 g/mol. The maximum Gasteiger partial charge on any atom is 0.291 e. The molecule has 106 valence electrons. The molecule has 0 amide bonds. The number of aromatic nitrogens is 1. The zero-order valence-corrected chi connectivity index (χ0v) is 12.1. The van der Waals surface area contributed by atoms with Crippen molar-refractivity contribution in [3.8, 4) is 0 Å². The van der Waals surface area contributed by atoms with Gasteiger partial charge in [-0.1, -0.05) is 20.8 Å². The third kappa shape index (κ3) is 3.99. The summed E-state index contributed by atoms with van der Waals surface area (Å²) in [5.74, 6) is 0.426. The van der Waals surface area contributed by atoms with Crippen LogP contribution in [0.15, 0.2) is 18.5 Å². The highest BCUT2D eigenvalue weighted by atomic mass is 16.6.